The summed E-state index contributed by atoms with van der Waals surface area (Å²) < 4.78 is 0. The van der Waals surface area contributed by atoms with Gasteiger partial charge >= 0.3 is 5.97 Å². The van der Waals surface area contributed by atoms with E-state index in [2.05, 4.69) is 25.9 Å². The molecule has 0 aliphatic rings. The van der Waals surface area contributed by atoms with E-state index in [9.17, 15) is 29.4 Å². The van der Waals surface area contributed by atoms with E-state index >= 15 is 0 Å². The van der Waals surface area contributed by atoms with E-state index < -0.39 is 54.0 Å². The monoisotopic (exact) mass is 531 g/mol. The Bertz CT molecular complexity index is 1030. The summed E-state index contributed by atoms with van der Waals surface area (Å²) >= 11 is 0. The summed E-state index contributed by atoms with van der Waals surface area (Å²) in [6.07, 6.45) is 3.07. The molecular weight excluding hydrogens is 494 g/mol. The van der Waals surface area contributed by atoms with Gasteiger partial charge in [0.1, 0.15) is 12.1 Å². The molecule has 38 heavy (non-hydrogen) atoms. The van der Waals surface area contributed by atoms with E-state index in [1.807, 2.05) is 30.3 Å². The van der Waals surface area contributed by atoms with Gasteiger partial charge in [-0.15, -0.1) is 0 Å². The third-order valence-corrected chi connectivity index (χ3v) is 5.87. The molecule has 1 aromatic heterocycles. The fourth-order valence-electron chi connectivity index (χ4n) is 3.74. The van der Waals surface area contributed by atoms with Crippen LogP contribution in [0, 0.1) is 0 Å². The van der Waals surface area contributed by atoms with E-state index in [-0.39, 0.29) is 19.3 Å². The molecular formula is C25H37N7O6. The van der Waals surface area contributed by atoms with E-state index in [0.717, 1.165) is 5.56 Å². The molecule has 0 radical (unpaired) electrons. The molecule has 10 N–H and O–H groups in total. The SMILES string of the molecule is CC(O)C(NC(=O)C(CCCCN)NC(=O)C(Cc1cnc[nH]1)NC(=O)C(N)Cc1ccccc1)C(=O)O. The molecule has 0 saturated carbocycles. The van der Waals surface area contributed by atoms with Crippen LogP contribution in [-0.2, 0) is 32.0 Å². The number of aromatic nitrogens is 2. The van der Waals surface area contributed by atoms with Crippen LogP contribution in [0.4, 0.5) is 0 Å². The minimum Gasteiger partial charge on any atom is -0.480 e. The molecule has 0 fully saturated rings. The maximum Gasteiger partial charge on any atom is 0.328 e. The number of aliphatic hydroxyl groups is 1. The van der Waals surface area contributed by atoms with Crippen LogP contribution in [-0.4, -0.2) is 80.7 Å². The van der Waals surface area contributed by atoms with Crippen molar-refractivity contribution < 1.29 is 29.4 Å². The lowest BCUT2D eigenvalue weighted by atomic mass is 10.0. The number of carbonyl (C=O) groups is 4. The highest BCUT2D eigenvalue weighted by Gasteiger charge is 2.32. The van der Waals surface area contributed by atoms with Gasteiger partial charge in [0.2, 0.25) is 17.7 Å². The number of nitrogens with zero attached hydrogens (tertiary/aromatic N) is 1. The standard InChI is InChI=1S/C25H37N7O6/c1-15(33)21(25(37)38)32-23(35)19(9-5-6-10-26)30-24(36)20(12-17-13-28-14-29-17)31-22(34)18(27)11-16-7-3-2-4-8-16/h2-4,7-8,13-15,18-21,33H,5-6,9-12,26-27H2,1H3,(H,28,29)(H,30,36)(H,31,34)(H,32,35)(H,37,38). The number of carbonyl (C=O) groups excluding carboxylic acids is 3. The maximum absolute atomic E-state index is 13.3. The molecule has 0 aliphatic carbocycles. The number of carboxylic acid groups (broad SMARTS) is 1. The number of imidazole rings is 1. The summed E-state index contributed by atoms with van der Waals surface area (Å²) in [6.45, 7) is 1.60. The number of unbranched alkanes of at least 4 members (excludes halogenated alkanes) is 1. The highest BCUT2D eigenvalue weighted by Crippen LogP contribution is 2.07. The molecule has 2 aromatic rings. The fraction of sp³-hybridized carbons (Fsp3) is 0.480. The first-order chi connectivity index (χ1) is 18.1. The van der Waals surface area contributed by atoms with Crippen LogP contribution in [0.25, 0.3) is 0 Å². The van der Waals surface area contributed by atoms with Crippen LogP contribution < -0.4 is 27.4 Å². The molecule has 208 valence electrons. The number of hydrogen-bond acceptors (Lipinski definition) is 8. The first-order valence-corrected chi connectivity index (χ1v) is 12.4. The van der Waals surface area contributed by atoms with Gasteiger partial charge in [0, 0.05) is 18.3 Å². The van der Waals surface area contributed by atoms with Crippen molar-refractivity contribution in [1.82, 2.24) is 25.9 Å². The summed E-state index contributed by atoms with van der Waals surface area (Å²) in [5.74, 6) is -3.43. The number of nitrogens with one attached hydrogen (secondary N) is 4. The smallest absolute Gasteiger partial charge is 0.328 e. The van der Waals surface area contributed by atoms with Crippen molar-refractivity contribution in [1.29, 1.82) is 0 Å². The molecule has 0 aliphatic heterocycles. The van der Waals surface area contributed by atoms with Crippen LogP contribution >= 0.6 is 0 Å². The zero-order valence-electron chi connectivity index (χ0n) is 21.3. The number of carboxylic acids is 1. The number of aromatic amines is 1. The van der Waals surface area contributed by atoms with Crippen LogP contribution in [0.15, 0.2) is 42.9 Å². The fourth-order valence-corrected chi connectivity index (χ4v) is 3.74. The number of amides is 3. The zero-order chi connectivity index (χ0) is 28.1. The van der Waals surface area contributed by atoms with E-state index in [1.54, 1.807) is 0 Å². The number of hydrogen-bond donors (Lipinski definition) is 8. The van der Waals surface area contributed by atoms with Crippen molar-refractivity contribution in [2.24, 2.45) is 11.5 Å². The Balaban J connectivity index is 2.17. The van der Waals surface area contributed by atoms with Gasteiger partial charge in [0.15, 0.2) is 6.04 Å². The van der Waals surface area contributed by atoms with Crippen LogP contribution in [0.5, 0.6) is 0 Å². The molecule has 0 saturated heterocycles. The third-order valence-electron chi connectivity index (χ3n) is 5.87. The predicted molar refractivity (Wildman–Crippen MR) is 138 cm³/mol. The van der Waals surface area contributed by atoms with Gasteiger partial charge in [-0.05, 0) is 44.7 Å². The van der Waals surface area contributed by atoms with Crippen molar-refractivity contribution in [2.75, 3.05) is 6.54 Å². The first-order valence-electron chi connectivity index (χ1n) is 12.4. The van der Waals surface area contributed by atoms with E-state index in [1.165, 1.54) is 19.4 Å². The summed E-state index contributed by atoms with van der Waals surface area (Å²) in [5, 5.41) is 26.6. The molecule has 2 rings (SSSR count). The number of aliphatic carboxylic acids is 1. The van der Waals surface area contributed by atoms with Crippen LogP contribution in [0.2, 0.25) is 0 Å². The largest absolute Gasteiger partial charge is 0.480 e. The van der Waals surface area contributed by atoms with Crippen molar-refractivity contribution in [3.63, 3.8) is 0 Å². The summed E-state index contributed by atoms with van der Waals surface area (Å²) in [6, 6.07) is 4.45. The molecule has 1 heterocycles. The summed E-state index contributed by atoms with van der Waals surface area (Å²) in [5.41, 5.74) is 13.1. The Labute approximate surface area is 220 Å². The average molecular weight is 532 g/mol. The molecule has 13 heteroatoms. The maximum atomic E-state index is 13.3. The topological polar surface area (TPSA) is 226 Å². The Kier molecular flexibility index (Phi) is 12.4. The Morgan fingerprint density at radius 1 is 0.974 bits per heavy atom. The van der Waals surface area contributed by atoms with Gasteiger partial charge in [-0.1, -0.05) is 30.3 Å². The molecule has 0 spiro atoms. The lowest BCUT2D eigenvalue weighted by Crippen LogP contribution is -2.58. The Hall–Kier alpha value is -3.81. The second-order valence-electron chi connectivity index (χ2n) is 9.05. The first kappa shape index (κ1) is 30.4. The lowest BCUT2D eigenvalue weighted by molar-refractivity contribution is -0.145. The zero-order valence-corrected chi connectivity index (χ0v) is 21.3. The molecule has 3 amide bonds. The van der Waals surface area contributed by atoms with Gasteiger partial charge in [-0.25, -0.2) is 9.78 Å². The number of aliphatic hydroxyl groups excluding tert-OH is 1. The van der Waals surface area contributed by atoms with Crippen LogP contribution in [0.3, 0.4) is 0 Å². The van der Waals surface area contributed by atoms with Crippen molar-refractivity contribution in [3.8, 4) is 0 Å². The van der Waals surface area contributed by atoms with Gasteiger partial charge in [0.25, 0.3) is 0 Å². The van der Waals surface area contributed by atoms with Crippen molar-refractivity contribution >= 4 is 23.7 Å². The molecule has 0 bridgehead atoms. The molecule has 5 unspecified atom stereocenters. The second kappa shape index (κ2) is 15.4. The molecule has 13 nitrogen and oxygen atoms in total. The van der Waals surface area contributed by atoms with Gasteiger partial charge in [-0.2, -0.15) is 0 Å². The van der Waals surface area contributed by atoms with Crippen LogP contribution in [0.1, 0.15) is 37.4 Å². The number of rotatable bonds is 16. The summed E-state index contributed by atoms with van der Waals surface area (Å²) in [7, 11) is 0. The number of H-pyrrole nitrogens is 1. The molecule has 1 aromatic carbocycles. The highest BCUT2D eigenvalue weighted by atomic mass is 16.4. The lowest BCUT2D eigenvalue weighted by Gasteiger charge is -2.25. The van der Waals surface area contributed by atoms with E-state index in [0.29, 0.717) is 25.1 Å². The predicted octanol–water partition coefficient (Wildman–Crippen LogP) is -1.43. The number of nitrogens with two attached hydrogens (primary N) is 2. The van der Waals surface area contributed by atoms with E-state index in [4.69, 9.17) is 11.5 Å². The van der Waals surface area contributed by atoms with Gasteiger partial charge in [0.05, 0.1) is 18.5 Å². The Morgan fingerprint density at radius 3 is 2.21 bits per heavy atom. The normalized spacial score (nSPS) is 14.9. The summed E-state index contributed by atoms with van der Waals surface area (Å²) in [4.78, 5) is 57.4. The third kappa shape index (κ3) is 9.92. The Morgan fingerprint density at radius 2 is 1.63 bits per heavy atom. The quantitative estimate of drug-likeness (QED) is 0.119. The van der Waals surface area contributed by atoms with Gasteiger partial charge < -0.3 is 42.6 Å². The van der Waals surface area contributed by atoms with Crippen molar-refractivity contribution in [2.45, 2.75) is 69.3 Å². The number of benzene rings is 1. The minimum atomic E-state index is -1.56. The van der Waals surface area contributed by atoms with Crippen molar-refractivity contribution in [3.05, 3.63) is 54.1 Å². The minimum absolute atomic E-state index is 0.0399. The van der Waals surface area contributed by atoms with Gasteiger partial charge in [-0.3, -0.25) is 14.4 Å². The highest BCUT2D eigenvalue weighted by molar-refractivity contribution is 5.94. The molecule has 5 atom stereocenters. The average Bonchev–Trinajstić information content (AvgIpc) is 3.39. The second-order valence-corrected chi connectivity index (χ2v) is 9.05.